The maximum absolute atomic E-state index is 11.9. The van der Waals surface area contributed by atoms with Gasteiger partial charge in [0.2, 0.25) is 5.91 Å². The maximum atomic E-state index is 11.9. The average molecular weight is 423 g/mol. The molecule has 1 atom stereocenters. The highest BCUT2D eigenvalue weighted by Gasteiger charge is 2.09. The number of primary amides is 1. The summed E-state index contributed by atoms with van der Waals surface area (Å²) in [6.45, 7) is 2.46. The number of rotatable bonds is 8. The smallest absolute Gasteiger partial charge is 0.257 e. The number of thioether (sulfide) groups is 1. The van der Waals surface area contributed by atoms with Crippen molar-refractivity contribution in [2.45, 2.75) is 17.1 Å². The first-order valence-corrected chi connectivity index (χ1v) is 9.33. The number of benzene rings is 2. The number of nitrogens with two attached hydrogens (primary N) is 1. The minimum atomic E-state index is -0.534. The van der Waals surface area contributed by atoms with Crippen LogP contribution in [0.2, 0.25) is 0 Å². The summed E-state index contributed by atoms with van der Waals surface area (Å²) in [6.07, 6.45) is 0. The third-order valence-electron chi connectivity index (χ3n) is 3.23. The summed E-state index contributed by atoms with van der Waals surface area (Å²) in [5.74, 6) is -0.315. The zero-order valence-corrected chi connectivity index (χ0v) is 16.1. The monoisotopic (exact) mass is 422 g/mol. The van der Waals surface area contributed by atoms with Crippen LogP contribution < -0.4 is 15.8 Å². The van der Waals surface area contributed by atoms with Crippen molar-refractivity contribution in [2.75, 3.05) is 13.2 Å². The van der Waals surface area contributed by atoms with Crippen LogP contribution in [-0.2, 0) is 4.79 Å². The Kier molecular flexibility index (Phi) is 7.33. The van der Waals surface area contributed by atoms with E-state index in [9.17, 15) is 9.59 Å². The number of halogens is 1. The molecule has 0 fully saturated rings. The van der Waals surface area contributed by atoms with Crippen LogP contribution in [0.4, 0.5) is 0 Å². The predicted octanol–water partition coefficient (Wildman–Crippen LogP) is 3.22. The van der Waals surface area contributed by atoms with E-state index in [4.69, 9.17) is 10.5 Å². The largest absolute Gasteiger partial charge is 0.484 e. The number of hydrogen-bond acceptors (Lipinski definition) is 4. The molecule has 0 saturated heterocycles. The van der Waals surface area contributed by atoms with E-state index in [1.165, 1.54) is 6.07 Å². The first-order valence-electron chi connectivity index (χ1n) is 7.65. The normalized spacial score (nSPS) is 11.6. The molecule has 0 spiro atoms. The van der Waals surface area contributed by atoms with Crippen molar-refractivity contribution in [1.82, 2.24) is 5.32 Å². The van der Waals surface area contributed by atoms with Crippen molar-refractivity contribution in [3.05, 3.63) is 58.6 Å². The van der Waals surface area contributed by atoms with Gasteiger partial charge in [-0.05, 0) is 42.5 Å². The molecule has 2 rings (SSSR count). The number of carbonyl (C=O) groups is 2. The highest BCUT2D eigenvalue weighted by atomic mass is 79.9. The van der Waals surface area contributed by atoms with Gasteiger partial charge in [-0.1, -0.05) is 28.9 Å². The number of carbonyl (C=O) groups excluding carboxylic acids is 2. The predicted molar refractivity (Wildman–Crippen MR) is 103 cm³/mol. The molecule has 3 N–H and O–H groups in total. The summed E-state index contributed by atoms with van der Waals surface area (Å²) in [5.41, 5.74) is 5.56. The first-order chi connectivity index (χ1) is 11.9. The van der Waals surface area contributed by atoms with Crippen LogP contribution in [0.25, 0.3) is 0 Å². The molecule has 0 bridgehead atoms. The van der Waals surface area contributed by atoms with Crippen molar-refractivity contribution in [1.29, 1.82) is 0 Å². The van der Waals surface area contributed by atoms with E-state index in [1.54, 1.807) is 30.0 Å². The fourth-order valence-corrected chi connectivity index (χ4v) is 3.17. The first kappa shape index (κ1) is 19.3. The average Bonchev–Trinajstić information content (AvgIpc) is 2.60. The molecule has 0 aliphatic heterocycles. The molecule has 7 heteroatoms. The lowest BCUT2D eigenvalue weighted by atomic mass is 10.2. The van der Waals surface area contributed by atoms with Crippen LogP contribution in [0.15, 0.2) is 57.9 Å². The molecule has 0 aliphatic rings. The molecular formula is C18H19BrN2O3S. The lowest BCUT2D eigenvalue weighted by Gasteiger charge is -2.13. The minimum absolute atomic E-state index is 0.113. The molecule has 0 saturated carbocycles. The van der Waals surface area contributed by atoms with E-state index in [1.807, 2.05) is 31.2 Å². The second-order valence-electron chi connectivity index (χ2n) is 5.37. The van der Waals surface area contributed by atoms with Gasteiger partial charge in [-0.3, -0.25) is 9.59 Å². The fourth-order valence-electron chi connectivity index (χ4n) is 1.98. The molecule has 2 aromatic carbocycles. The zero-order valence-electron chi connectivity index (χ0n) is 13.7. The molecule has 0 radical (unpaired) electrons. The van der Waals surface area contributed by atoms with Gasteiger partial charge in [-0.25, -0.2) is 0 Å². The Bertz CT molecular complexity index is 737. The molecule has 5 nitrogen and oxygen atoms in total. The molecular weight excluding hydrogens is 404 g/mol. The van der Waals surface area contributed by atoms with E-state index in [0.29, 0.717) is 17.9 Å². The van der Waals surface area contributed by atoms with Gasteiger partial charge in [0.05, 0.1) is 0 Å². The second kappa shape index (κ2) is 9.48. The van der Waals surface area contributed by atoms with E-state index in [0.717, 1.165) is 9.37 Å². The third-order valence-corrected chi connectivity index (χ3v) is 4.87. The Labute approximate surface area is 159 Å². The van der Waals surface area contributed by atoms with Crippen LogP contribution in [0.1, 0.15) is 17.3 Å². The molecule has 0 aliphatic carbocycles. The Morgan fingerprint density at radius 2 is 1.96 bits per heavy atom. The lowest BCUT2D eigenvalue weighted by Crippen LogP contribution is -2.33. The zero-order chi connectivity index (χ0) is 18.2. The highest BCUT2D eigenvalue weighted by molar-refractivity contribution is 9.10. The topological polar surface area (TPSA) is 81.4 Å². The number of amides is 2. The van der Waals surface area contributed by atoms with Crippen LogP contribution in [0.3, 0.4) is 0 Å². The van der Waals surface area contributed by atoms with Gasteiger partial charge in [-0.15, -0.1) is 11.8 Å². The highest BCUT2D eigenvalue weighted by Crippen LogP contribution is 2.24. The Balaban J connectivity index is 1.74. The quantitative estimate of drug-likeness (QED) is 0.639. The molecule has 0 aromatic heterocycles. The minimum Gasteiger partial charge on any atom is -0.484 e. The Hall–Kier alpha value is -1.99. The fraction of sp³-hybridized carbons (Fsp3) is 0.222. The summed E-state index contributed by atoms with van der Waals surface area (Å²) < 4.78 is 6.43. The van der Waals surface area contributed by atoms with Gasteiger partial charge in [0.15, 0.2) is 6.61 Å². The third kappa shape index (κ3) is 6.80. The van der Waals surface area contributed by atoms with Gasteiger partial charge in [0.1, 0.15) is 5.75 Å². The van der Waals surface area contributed by atoms with Crippen LogP contribution in [0.5, 0.6) is 5.75 Å². The van der Waals surface area contributed by atoms with Gasteiger partial charge in [-0.2, -0.15) is 0 Å². The van der Waals surface area contributed by atoms with Crippen molar-refractivity contribution in [3.63, 3.8) is 0 Å². The summed E-state index contributed by atoms with van der Waals surface area (Å²) in [7, 11) is 0. The van der Waals surface area contributed by atoms with Gasteiger partial charge in [0.25, 0.3) is 5.91 Å². The molecule has 25 heavy (non-hydrogen) atoms. The summed E-state index contributed by atoms with van der Waals surface area (Å²) in [4.78, 5) is 24.2. The molecule has 132 valence electrons. The van der Waals surface area contributed by atoms with Crippen molar-refractivity contribution in [3.8, 4) is 5.75 Å². The Morgan fingerprint density at radius 3 is 2.64 bits per heavy atom. The van der Waals surface area contributed by atoms with Crippen molar-refractivity contribution >= 4 is 39.5 Å². The molecule has 2 aromatic rings. The number of hydrogen-bond donors (Lipinski definition) is 2. The van der Waals surface area contributed by atoms with E-state index >= 15 is 0 Å². The van der Waals surface area contributed by atoms with Gasteiger partial charge >= 0.3 is 0 Å². The second-order valence-corrected chi connectivity index (χ2v) is 7.79. The lowest BCUT2D eigenvalue weighted by molar-refractivity contribution is -0.123. The van der Waals surface area contributed by atoms with E-state index in [2.05, 4.69) is 21.2 Å². The number of ether oxygens (including phenoxy) is 1. The summed E-state index contributed by atoms with van der Waals surface area (Å²) in [6, 6.07) is 14.5. The summed E-state index contributed by atoms with van der Waals surface area (Å²) >= 11 is 5.09. The van der Waals surface area contributed by atoms with Crippen LogP contribution >= 0.6 is 27.7 Å². The Morgan fingerprint density at radius 1 is 1.24 bits per heavy atom. The standard InChI is InChI=1S/C18H19BrN2O3S/c1-12(25-16-7-5-14(19)6-8-16)10-21-17(22)11-24-15-4-2-3-13(9-15)18(20)23/h2-9,12H,10-11H2,1H3,(H2,20,23)(H,21,22). The maximum Gasteiger partial charge on any atom is 0.257 e. The van der Waals surface area contributed by atoms with Crippen LogP contribution in [-0.4, -0.2) is 30.2 Å². The van der Waals surface area contributed by atoms with E-state index in [-0.39, 0.29) is 17.8 Å². The summed E-state index contributed by atoms with van der Waals surface area (Å²) in [5, 5.41) is 3.06. The SMILES string of the molecule is CC(CNC(=O)COc1cccc(C(N)=O)c1)Sc1ccc(Br)cc1. The van der Waals surface area contributed by atoms with E-state index < -0.39 is 5.91 Å². The van der Waals surface area contributed by atoms with Gasteiger partial charge < -0.3 is 15.8 Å². The molecule has 0 heterocycles. The van der Waals surface area contributed by atoms with Crippen LogP contribution in [0, 0.1) is 0 Å². The molecule has 1 unspecified atom stereocenters. The van der Waals surface area contributed by atoms with Crippen molar-refractivity contribution < 1.29 is 14.3 Å². The van der Waals surface area contributed by atoms with Gasteiger partial charge in [0, 0.05) is 26.7 Å². The van der Waals surface area contributed by atoms with Crippen molar-refractivity contribution in [2.24, 2.45) is 5.73 Å². The molecule has 2 amide bonds. The number of nitrogens with one attached hydrogen (secondary N) is 1.